The number of nitrogens with one attached hydrogen (secondary N) is 1. The van der Waals surface area contributed by atoms with Gasteiger partial charge in [0.25, 0.3) is 5.56 Å². The molecule has 6 heteroatoms. The Kier molecular flexibility index (Phi) is 4.69. The van der Waals surface area contributed by atoms with Gasteiger partial charge in [0.1, 0.15) is 12.1 Å². The summed E-state index contributed by atoms with van der Waals surface area (Å²) in [5, 5.41) is 8.80. The van der Waals surface area contributed by atoms with Crippen LogP contribution in [0, 0.1) is 6.92 Å². The summed E-state index contributed by atoms with van der Waals surface area (Å²) < 4.78 is 3.09. The minimum atomic E-state index is -0.207. The molecule has 0 radical (unpaired) electrons. The minimum Gasteiger partial charge on any atom is -0.354 e. The first-order valence-corrected chi connectivity index (χ1v) is 9.30. The molecule has 0 aliphatic carbocycles. The highest BCUT2D eigenvalue weighted by Crippen LogP contribution is 2.25. The van der Waals surface area contributed by atoms with E-state index in [1.807, 2.05) is 36.4 Å². The maximum atomic E-state index is 12.7. The number of aromatic nitrogens is 3. The smallest absolute Gasteiger partial charge is 0.291 e. The van der Waals surface area contributed by atoms with Crippen LogP contribution in [0.2, 0.25) is 0 Å². The molecule has 4 aromatic rings. The van der Waals surface area contributed by atoms with Crippen molar-refractivity contribution in [3.63, 3.8) is 0 Å². The fourth-order valence-corrected chi connectivity index (χ4v) is 3.63. The summed E-state index contributed by atoms with van der Waals surface area (Å²) in [4.78, 5) is 25.3. The van der Waals surface area contributed by atoms with Crippen LogP contribution in [0.4, 0.5) is 0 Å². The van der Waals surface area contributed by atoms with Crippen molar-refractivity contribution in [2.75, 3.05) is 6.54 Å². The Bertz CT molecular complexity index is 1240. The molecular weight excluding hydrogens is 352 g/mol. The number of carbonyl (C=O) groups is 1. The van der Waals surface area contributed by atoms with Gasteiger partial charge >= 0.3 is 0 Å². The summed E-state index contributed by atoms with van der Waals surface area (Å²) in [6, 6.07) is 15.9. The Morgan fingerprint density at radius 1 is 1.07 bits per heavy atom. The van der Waals surface area contributed by atoms with Crippen LogP contribution in [0.25, 0.3) is 21.8 Å². The Labute approximate surface area is 162 Å². The number of hydrogen-bond acceptors (Lipinski definition) is 3. The summed E-state index contributed by atoms with van der Waals surface area (Å²) in [6.07, 6.45) is 2.46. The van der Waals surface area contributed by atoms with Crippen LogP contribution in [-0.2, 0) is 24.8 Å². The summed E-state index contributed by atoms with van der Waals surface area (Å²) in [6.45, 7) is 2.72. The number of carbonyl (C=O) groups excluding carboxylic acids is 1. The number of benzene rings is 2. The van der Waals surface area contributed by atoms with Gasteiger partial charge in [-0.25, -0.2) is 4.68 Å². The lowest BCUT2D eigenvalue weighted by molar-refractivity contribution is -0.121. The lowest BCUT2D eigenvalue weighted by atomic mass is 10.1. The highest BCUT2D eigenvalue weighted by molar-refractivity contribution is 6.07. The molecule has 1 N–H and O–H groups in total. The van der Waals surface area contributed by atoms with E-state index in [4.69, 9.17) is 0 Å². The van der Waals surface area contributed by atoms with Crippen molar-refractivity contribution in [1.29, 1.82) is 0 Å². The SMILES string of the molecule is Cc1ccccc1CCNC(=O)Cn1c2ccccc2c2cnn(C)c(=O)c21. The topological polar surface area (TPSA) is 68.9 Å². The fraction of sp³-hybridized carbons (Fsp3) is 0.227. The summed E-state index contributed by atoms with van der Waals surface area (Å²) in [5.74, 6) is -0.116. The average molecular weight is 374 g/mol. The molecule has 0 aliphatic heterocycles. The van der Waals surface area contributed by atoms with Gasteiger partial charge in [0.2, 0.25) is 5.91 Å². The zero-order valence-electron chi connectivity index (χ0n) is 16.0. The van der Waals surface area contributed by atoms with Crippen molar-refractivity contribution >= 4 is 27.7 Å². The van der Waals surface area contributed by atoms with Crippen LogP contribution in [-0.4, -0.2) is 26.8 Å². The molecule has 4 rings (SSSR count). The maximum absolute atomic E-state index is 12.7. The number of para-hydroxylation sites is 1. The molecule has 2 aromatic carbocycles. The molecule has 0 bridgehead atoms. The second kappa shape index (κ2) is 7.31. The number of hydrogen-bond donors (Lipinski definition) is 1. The standard InChI is InChI=1S/C22H22N4O2/c1-15-7-3-4-8-16(15)11-12-23-20(27)14-26-19-10-6-5-9-17(19)18-13-24-25(2)22(28)21(18)26/h3-10,13H,11-12,14H2,1-2H3,(H,23,27). The first-order valence-electron chi connectivity index (χ1n) is 9.30. The predicted octanol–water partition coefficient (Wildman–Crippen LogP) is 2.56. The third-order valence-electron chi connectivity index (χ3n) is 5.15. The lowest BCUT2D eigenvalue weighted by Gasteiger charge is -2.10. The summed E-state index contributed by atoms with van der Waals surface area (Å²) in [7, 11) is 1.62. The highest BCUT2D eigenvalue weighted by Gasteiger charge is 2.16. The van der Waals surface area contributed by atoms with E-state index in [0.717, 1.165) is 22.7 Å². The van der Waals surface area contributed by atoms with Gasteiger partial charge in [0.15, 0.2) is 0 Å². The fourth-order valence-electron chi connectivity index (χ4n) is 3.63. The zero-order valence-corrected chi connectivity index (χ0v) is 16.0. The van der Waals surface area contributed by atoms with Crippen LogP contribution < -0.4 is 10.9 Å². The van der Waals surface area contributed by atoms with Gasteiger partial charge in [-0.2, -0.15) is 5.10 Å². The highest BCUT2D eigenvalue weighted by atomic mass is 16.2. The number of aryl methyl sites for hydroxylation is 2. The van der Waals surface area contributed by atoms with E-state index in [1.165, 1.54) is 15.8 Å². The first-order chi connectivity index (χ1) is 13.6. The van der Waals surface area contributed by atoms with Gasteiger partial charge in [-0.3, -0.25) is 9.59 Å². The van der Waals surface area contributed by atoms with E-state index in [2.05, 4.69) is 29.5 Å². The van der Waals surface area contributed by atoms with Gasteiger partial charge in [-0.05, 0) is 30.5 Å². The molecule has 2 heterocycles. The van der Waals surface area contributed by atoms with Crippen molar-refractivity contribution in [1.82, 2.24) is 19.7 Å². The third kappa shape index (κ3) is 3.17. The Balaban J connectivity index is 1.60. The van der Waals surface area contributed by atoms with E-state index in [-0.39, 0.29) is 18.0 Å². The van der Waals surface area contributed by atoms with E-state index in [9.17, 15) is 9.59 Å². The number of amides is 1. The molecule has 2 aromatic heterocycles. The van der Waals surface area contributed by atoms with E-state index in [1.54, 1.807) is 17.8 Å². The molecule has 0 fully saturated rings. The lowest BCUT2D eigenvalue weighted by Crippen LogP contribution is -2.30. The first kappa shape index (κ1) is 18.0. The summed E-state index contributed by atoms with van der Waals surface area (Å²) in [5.41, 5.74) is 3.60. The Hall–Kier alpha value is -3.41. The van der Waals surface area contributed by atoms with Gasteiger partial charge in [-0.1, -0.05) is 42.5 Å². The second-order valence-electron chi connectivity index (χ2n) is 6.97. The molecule has 0 saturated carbocycles. The van der Waals surface area contributed by atoms with E-state index in [0.29, 0.717) is 12.1 Å². The van der Waals surface area contributed by atoms with Crippen molar-refractivity contribution in [2.45, 2.75) is 19.9 Å². The van der Waals surface area contributed by atoms with Crippen LogP contribution in [0.15, 0.2) is 59.5 Å². The van der Waals surface area contributed by atoms with Gasteiger partial charge < -0.3 is 9.88 Å². The van der Waals surface area contributed by atoms with Crippen LogP contribution in [0.5, 0.6) is 0 Å². The Morgan fingerprint density at radius 2 is 1.82 bits per heavy atom. The molecule has 0 saturated heterocycles. The normalized spacial score (nSPS) is 11.2. The van der Waals surface area contributed by atoms with Crippen molar-refractivity contribution in [3.05, 3.63) is 76.2 Å². The van der Waals surface area contributed by atoms with Gasteiger partial charge in [0.05, 0.1) is 6.20 Å². The molecule has 0 spiro atoms. The van der Waals surface area contributed by atoms with Crippen LogP contribution >= 0.6 is 0 Å². The monoisotopic (exact) mass is 374 g/mol. The largest absolute Gasteiger partial charge is 0.354 e. The maximum Gasteiger partial charge on any atom is 0.291 e. The zero-order chi connectivity index (χ0) is 19.7. The number of fused-ring (bicyclic) bond motifs is 3. The molecule has 0 unspecified atom stereocenters. The minimum absolute atomic E-state index is 0.0943. The molecule has 0 atom stereocenters. The van der Waals surface area contributed by atoms with Crippen molar-refractivity contribution in [3.8, 4) is 0 Å². The van der Waals surface area contributed by atoms with Crippen LogP contribution in [0.3, 0.4) is 0 Å². The van der Waals surface area contributed by atoms with E-state index >= 15 is 0 Å². The van der Waals surface area contributed by atoms with E-state index < -0.39 is 0 Å². The van der Waals surface area contributed by atoms with Crippen molar-refractivity contribution in [2.24, 2.45) is 7.05 Å². The molecule has 0 aliphatic rings. The molecule has 1 amide bonds. The second-order valence-corrected chi connectivity index (χ2v) is 6.97. The number of nitrogens with zero attached hydrogens (tertiary/aromatic N) is 3. The van der Waals surface area contributed by atoms with Gasteiger partial charge in [-0.15, -0.1) is 0 Å². The predicted molar refractivity (Wildman–Crippen MR) is 110 cm³/mol. The number of rotatable bonds is 5. The molecule has 28 heavy (non-hydrogen) atoms. The third-order valence-corrected chi connectivity index (χ3v) is 5.15. The Morgan fingerprint density at radius 3 is 2.64 bits per heavy atom. The molecular formula is C22H22N4O2. The quantitative estimate of drug-likeness (QED) is 0.584. The molecule has 142 valence electrons. The van der Waals surface area contributed by atoms with Crippen molar-refractivity contribution < 1.29 is 4.79 Å². The van der Waals surface area contributed by atoms with Gasteiger partial charge in [0, 0.05) is 29.9 Å². The average Bonchev–Trinajstić information content (AvgIpc) is 3.01. The molecule has 6 nitrogen and oxygen atoms in total. The summed E-state index contributed by atoms with van der Waals surface area (Å²) >= 11 is 0. The van der Waals surface area contributed by atoms with Crippen LogP contribution in [0.1, 0.15) is 11.1 Å².